The van der Waals surface area contributed by atoms with Crippen LogP contribution in [0.1, 0.15) is 27.7 Å². The number of rotatable bonds is 7. The summed E-state index contributed by atoms with van der Waals surface area (Å²) >= 11 is 0. The van der Waals surface area contributed by atoms with Crippen molar-refractivity contribution >= 4 is 12.6 Å². The van der Waals surface area contributed by atoms with Gasteiger partial charge >= 0.3 is 7.12 Å². The Balaban J connectivity index is 1.35. The van der Waals surface area contributed by atoms with Crippen LogP contribution in [-0.2, 0) is 9.31 Å². The summed E-state index contributed by atoms with van der Waals surface area (Å²) in [5.41, 5.74) is 11.4. The van der Waals surface area contributed by atoms with E-state index in [1.807, 2.05) is 36.4 Å². The van der Waals surface area contributed by atoms with Crippen molar-refractivity contribution in [2.75, 3.05) is 0 Å². The largest absolute Gasteiger partial charge is 0.494 e. The Morgan fingerprint density at radius 3 is 1.22 bits per heavy atom. The highest BCUT2D eigenvalue weighted by Gasteiger charge is 2.51. The molecule has 5 heteroatoms. The lowest BCUT2D eigenvalue weighted by Crippen LogP contribution is -2.41. The maximum Gasteiger partial charge on any atom is 0.494 e. The van der Waals surface area contributed by atoms with Crippen molar-refractivity contribution in [1.82, 2.24) is 9.97 Å². The molecule has 4 nitrogen and oxygen atoms in total. The molecule has 0 radical (unpaired) electrons. The van der Waals surface area contributed by atoms with E-state index < -0.39 is 18.3 Å². The average Bonchev–Trinajstić information content (AvgIpc) is 3.41. The molecule has 0 spiro atoms. The van der Waals surface area contributed by atoms with Crippen LogP contribution in [0.3, 0.4) is 0 Å². The van der Waals surface area contributed by atoms with Gasteiger partial charge in [0, 0.05) is 16.7 Å². The minimum absolute atomic E-state index is 0.489. The Morgan fingerprint density at radius 1 is 0.373 bits per heavy atom. The van der Waals surface area contributed by atoms with E-state index in [1.165, 1.54) is 0 Å². The molecule has 248 valence electrons. The number of hydrogen-bond acceptors (Lipinski definition) is 4. The van der Waals surface area contributed by atoms with Crippen LogP contribution < -0.4 is 5.46 Å². The number of nitrogens with zero attached hydrogens (tertiary/aromatic N) is 2. The van der Waals surface area contributed by atoms with E-state index in [2.05, 4.69) is 155 Å². The van der Waals surface area contributed by atoms with Gasteiger partial charge in [-0.2, -0.15) is 0 Å². The van der Waals surface area contributed by atoms with Gasteiger partial charge in [-0.3, -0.25) is 0 Å². The summed E-state index contributed by atoms with van der Waals surface area (Å²) in [4.78, 5) is 10.2. The van der Waals surface area contributed by atoms with Crippen LogP contribution >= 0.6 is 0 Å². The van der Waals surface area contributed by atoms with Crippen molar-refractivity contribution in [2.24, 2.45) is 0 Å². The molecule has 1 fully saturated rings. The second-order valence-corrected chi connectivity index (χ2v) is 14.2. The van der Waals surface area contributed by atoms with Crippen LogP contribution in [0.5, 0.6) is 0 Å². The third-order valence-corrected chi connectivity index (χ3v) is 10.1. The Bertz CT molecular complexity index is 2030. The molecule has 0 N–H and O–H groups in total. The summed E-state index contributed by atoms with van der Waals surface area (Å²) in [7, 11) is -0.552. The van der Waals surface area contributed by atoms with Gasteiger partial charge in [0.05, 0.1) is 22.6 Å². The number of aromatic nitrogens is 2. The first-order valence-corrected chi connectivity index (χ1v) is 17.5. The molecule has 2 heterocycles. The van der Waals surface area contributed by atoms with E-state index in [1.54, 1.807) is 0 Å². The fourth-order valence-electron chi connectivity index (χ4n) is 6.54. The molecule has 8 rings (SSSR count). The van der Waals surface area contributed by atoms with Gasteiger partial charge in [0.2, 0.25) is 0 Å². The van der Waals surface area contributed by atoms with Gasteiger partial charge in [0.25, 0.3) is 0 Å². The lowest BCUT2D eigenvalue weighted by atomic mass is 9.76. The fraction of sp³-hybridized carbons (Fsp3) is 0.130. The fourth-order valence-corrected chi connectivity index (χ4v) is 6.54. The van der Waals surface area contributed by atoms with Crippen molar-refractivity contribution in [2.45, 2.75) is 38.9 Å². The molecule has 0 amide bonds. The maximum absolute atomic E-state index is 6.65. The molecule has 6 aromatic carbocycles. The minimum atomic E-state index is -0.552. The zero-order valence-corrected chi connectivity index (χ0v) is 29.4. The van der Waals surface area contributed by atoms with Crippen LogP contribution in [0.4, 0.5) is 0 Å². The first-order valence-electron chi connectivity index (χ1n) is 17.5. The molecule has 51 heavy (non-hydrogen) atoms. The molecule has 0 saturated carbocycles. The third-order valence-electron chi connectivity index (χ3n) is 10.1. The number of benzene rings is 6. The lowest BCUT2D eigenvalue weighted by Gasteiger charge is -2.32. The van der Waals surface area contributed by atoms with E-state index in [9.17, 15) is 0 Å². The zero-order valence-electron chi connectivity index (χ0n) is 29.4. The topological polar surface area (TPSA) is 44.2 Å². The van der Waals surface area contributed by atoms with E-state index in [0.29, 0.717) is 5.82 Å². The van der Waals surface area contributed by atoms with E-state index in [-0.39, 0.29) is 0 Å². The third kappa shape index (κ3) is 6.66. The molecule has 0 bridgehead atoms. The summed E-state index contributed by atoms with van der Waals surface area (Å²) in [5, 5.41) is 0. The van der Waals surface area contributed by atoms with E-state index in [0.717, 1.165) is 66.9 Å². The monoisotopic (exact) mass is 662 g/mol. The summed E-state index contributed by atoms with van der Waals surface area (Å²) in [6.45, 7) is 8.37. The molecule has 0 atom stereocenters. The standard InChI is InChI=1S/C46H39BN2O2/c1-45(2)46(3,4)51-47(50-45)41-29-39(38-26-36(32-17-9-5-10-18-32)25-37(27-38)33-19-11-6-12-20-33)28-40(30-41)43-31-42(34-21-13-7-14-22-34)48-44(49-43)35-23-15-8-16-24-35/h5-31H,1-4H3. The van der Waals surface area contributed by atoms with Crippen molar-refractivity contribution in [1.29, 1.82) is 0 Å². The second kappa shape index (κ2) is 13.3. The van der Waals surface area contributed by atoms with Gasteiger partial charge in [-0.05, 0) is 96.9 Å². The summed E-state index contributed by atoms with van der Waals surface area (Å²) in [6.07, 6.45) is 0. The van der Waals surface area contributed by atoms with Gasteiger partial charge in [0.15, 0.2) is 5.82 Å². The average molecular weight is 663 g/mol. The Kier molecular flexibility index (Phi) is 8.47. The van der Waals surface area contributed by atoms with Gasteiger partial charge in [-0.25, -0.2) is 9.97 Å². The first-order chi connectivity index (χ1) is 24.7. The SMILES string of the molecule is CC1(C)OB(c2cc(-c3cc(-c4ccccc4)cc(-c4ccccc4)c3)cc(-c3cc(-c4ccccc4)nc(-c4ccccc4)n3)c2)OC1(C)C. The Labute approximate surface area is 301 Å². The van der Waals surface area contributed by atoms with Crippen LogP contribution in [0.15, 0.2) is 164 Å². The van der Waals surface area contributed by atoms with Crippen LogP contribution in [0, 0.1) is 0 Å². The predicted molar refractivity (Wildman–Crippen MR) is 210 cm³/mol. The second-order valence-electron chi connectivity index (χ2n) is 14.2. The summed E-state index contributed by atoms with van der Waals surface area (Å²) in [6, 6.07) is 57.1. The quantitative estimate of drug-likeness (QED) is 0.159. The molecule has 1 aliphatic heterocycles. The van der Waals surface area contributed by atoms with Crippen molar-refractivity contribution in [3.63, 3.8) is 0 Å². The molecular weight excluding hydrogens is 623 g/mol. The highest BCUT2D eigenvalue weighted by molar-refractivity contribution is 6.62. The zero-order chi connectivity index (χ0) is 35.0. The van der Waals surface area contributed by atoms with Gasteiger partial charge in [-0.1, -0.05) is 133 Å². The molecule has 1 aliphatic rings. The summed E-state index contributed by atoms with van der Waals surface area (Å²) in [5.74, 6) is 0.673. The molecular formula is C46H39BN2O2. The van der Waals surface area contributed by atoms with Crippen molar-refractivity contribution < 1.29 is 9.31 Å². The number of hydrogen-bond donors (Lipinski definition) is 0. The normalized spacial score (nSPS) is 14.8. The Morgan fingerprint density at radius 2 is 0.725 bits per heavy atom. The molecule has 1 aromatic heterocycles. The summed E-state index contributed by atoms with van der Waals surface area (Å²) < 4.78 is 13.3. The van der Waals surface area contributed by atoms with Gasteiger partial charge in [0.1, 0.15) is 0 Å². The van der Waals surface area contributed by atoms with Crippen LogP contribution in [0.2, 0.25) is 0 Å². The van der Waals surface area contributed by atoms with Crippen LogP contribution in [-0.4, -0.2) is 28.3 Å². The maximum atomic E-state index is 6.65. The van der Waals surface area contributed by atoms with Gasteiger partial charge in [-0.15, -0.1) is 0 Å². The predicted octanol–water partition coefficient (Wildman–Crippen LogP) is 10.8. The smallest absolute Gasteiger partial charge is 0.399 e. The molecule has 7 aromatic rings. The minimum Gasteiger partial charge on any atom is -0.399 e. The van der Waals surface area contributed by atoms with E-state index >= 15 is 0 Å². The first kappa shape index (κ1) is 32.6. The van der Waals surface area contributed by atoms with Crippen molar-refractivity contribution in [3.8, 4) is 67.3 Å². The Hall–Kier alpha value is -5.62. The van der Waals surface area contributed by atoms with E-state index in [4.69, 9.17) is 19.3 Å². The highest BCUT2D eigenvalue weighted by atomic mass is 16.7. The highest BCUT2D eigenvalue weighted by Crippen LogP contribution is 2.39. The lowest BCUT2D eigenvalue weighted by molar-refractivity contribution is 0.00578. The van der Waals surface area contributed by atoms with Gasteiger partial charge < -0.3 is 9.31 Å². The van der Waals surface area contributed by atoms with Crippen molar-refractivity contribution in [3.05, 3.63) is 164 Å². The molecule has 0 unspecified atom stereocenters. The molecule has 0 aliphatic carbocycles. The molecule has 1 saturated heterocycles. The van der Waals surface area contributed by atoms with Crippen LogP contribution in [0.25, 0.3) is 67.3 Å².